The Hall–Kier alpha value is -1.93. The van der Waals surface area contributed by atoms with Crippen LogP contribution in [-0.2, 0) is 19.6 Å². The molecule has 2 atom stereocenters. The molecule has 1 N–H and O–H groups in total. The number of carbonyl (C=O) groups is 2. The van der Waals surface area contributed by atoms with Crippen molar-refractivity contribution in [3.8, 4) is 0 Å². The average Bonchev–Trinajstić information content (AvgIpc) is 2.69. The number of nitrogens with one attached hydrogen (secondary N) is 1. The maximum absolute atomic E-state index is 12.7. The number of carbonyl (C=O) groups excluding carboxylic acids is 2. The number of ether oxygens (including phenoxy) is 1. The van der Waals surface area contributed by atoms with E-state index >= 15 is 0 Å². The van der Waals surface area contributed by atoms with Crippen LogP contribution < -0.4 is 5.32 Å². The number of benzene rings is 1. The molecular weight excluding hydrogens is 392 g/mol. The first kappa shape index (κ1) is 23.3. The highest BCUT2D eigenvalue weighted by molar-refractivity contribution is 7.89. The minimum Gasteiger partial charge on any atom is -0.452 e. The Balaban J connectivity index is 2.06. The highest BCUT2D eigenvalue weighted by atomic mass is 32.2. The second kappa shape index (κ2) is 10.2. The molecule has 0 bridgehead atoms. The van der Waals surface area contributed by atoms with Gasteiger partial charge in [-0.05, 0) is 43.4 Å². The first-order valence-corrected chi connectivity index (χ1v) is 11.7. The molecule has 1 aromatic rings. The Bertz CT molecular complexity index is 833. The Labute approximate surface area is 173 Å². The summed E-state index contributed by atoms with van der Waals surface area (Å²) in [6.45, 7) is 7.63. The van der Waals surface area contributed by atoms with Crippen molar-refractivity contribution in [2.45, 2.75) is 64.3 Å². The third-order valence-corrected chi connectivity index (χ3v) is 7.61. The van der Waals surface area contributed by atoms with Crippen molar-refractivity contribution in [1.82, 2.24) is 9.62 Å². The number of sulfonamides is 1. The lowest BCUT2D eigenvalue weighted by Gasteiger charge is -2.29. The lowest BCUT2D eigenvalue weighted by atomic mass is 9.86. The van der Waals surface area contributed by atoms with Crippen LogP contribution in [0.5, 0.6) is 0 Å². The van der Waals surface area contributed by atoms with Crippen LogP contribution in [-0.4, -0.2) is 50.3 Å². The molecule has 0 unspecified atom stereocenters. The standard InChI is InChI=1S/C21H32N2O5S/c1-5-23(6-2)29(26,27)17-12-11-15(3)18(13-17)21(25)28-14-20(24)22-19-10-8-7-9-16(19)4/h11-13,16,19H,5-10,14H2,1-4H3,(H,22,24)/t16-,19+/m0/s1. The molecule has 1 aromatic carbocycles. The number of esters is 1. The van der Waals surface area contributed by atoms with Crippen molar-refractivity contribution >= 4 is 21.9 Å². The molecule has 8 heteroatoms. The molecule has 1 aliphatic carbocycles. The van der Waals surface area contributed by atoms with Crippen LogP contribution in [0.3, 0.4) is 0 Å². The van der Waals surface area contributed by atoms with Crippen LogP contribution in [0.25, 0.3) is 0 Å². The van der Waals surface area contributed by atoms with Crippen molar-refractivity contribution < 1.29 is 22.7 Å². The van der Waals surface area contributed by atoms with Crippen LogP contribution in [0.2, 0.25) is 0 Å². The first-order valence-electron chi connectivity index (χ1n) is 10.3. The van der Waals surface area contributed by atoms with Gasteiger partial charge in [-0.1, -0.05) is 39.7 Å². The van der Waals surface area contributed by atoms with E-state index in [0.717, 1.165) is 19.3 Å². The first-order chi connectivity index (χ1) is 13.7. The third kappa shape index (κ3) is 5.79. The Morgan fingerprint density at radius 2 is 1.83 bits per heavy atom. The van der Waals surface area contributed by atoms with Gasteiger partial charge in [-0.15, -0.1) is 0 Å². The van der Waals surface area contributed by atoms with E-state index in [-0.39, 0.29) is 29.0 Å². The molecule has 0 radical (unpaired) electrons. The predicted octanol–water partition coefficient (Wildman–Crippen LogP) is 2.88. The van der Waals surface area contributed by atoms with E-state index in [9.17, 15) is 18.0 Å². The van der Waals surface area contributed by atoms with E-state index in [1.54, 1.807) is 26.8 Å². The summed E-state index contributed by atoms with van der Waals surface area (Å²) in [4.78, 5) is 24.7. The molecule has 7 nitrogen and oxygen atoms in total. The molecule has 29 heavy (non-hydrogen) atoms. The van der Waals surface area contributed by atoms with Gasteiger partial charge in [0.05, 0.1) is 10.5 Å². The zero-order chi connectivity index (χ0) is 21.6. The number of amides is 1. The highest BCUT2D eigenvalue weighted by Gasteiger charge is 2.25. The van der Waals surface area contributed by atoms with Gasteiger partial charge in [0, 0.05) is 19.1 Å². The summed E-state index contributed by atoms with van der Waals surface area (Å²) in [7, 11) is -3.68. The maximum Gasteiger partial charge on any atom is 0.338 e. The van der Waals surface area contributed by atoms with E-state index in [1.165, 1.54) is 22.9 Å². The molecule has 0 aromatic heterocycles. The summed E-state index contributed by atoms with van der Waals surface area (Å²) >= 11 is 0. The lowest BCUT2D eigenvalue weighted by molar-refractivity contribution is -0.125. The molecule has 1 amide bonds. The van der Waals surface area contributed by atoms with Crippen LogP contribution in [0, 0.1) is 12.8 Å². The van der Waals surface area contributed by atoms with Gasteiger partial charge in [0.25, 0.3) is 5.91 Å². The molecule has 1 saturated carbocycles. The fraction of sp³-hybridized carbons (Fsp3) is 0.619. The summed E-state index contributed by atoms with van der Waals surface area (Å²) < 4.78 is 31.9. The van der Waals surface area contributed by atoms with Crippen molar-refractivity contribution in [3.05, 3.63) is 29.3 Å². The van der Waals surface area contributed by atoms with E-state index in [0.29, 0.717) is 24.6 Å². The van der Waals surface area contributed by atoms with Crippen LogP contribution in [0.4, 0.5) is 0 Å². The normalized spacial score (nSPS) is 19.8. The number of hydrogen-bond donors (Lipinski definition) is 1. The number of aryl methyl sites for hydroxylation is 1. The average molecular weight is 425 g/mol. The van der Waals surface area contributed by atoms with E-state index in [4.69, 9.17) is 4.74 Å². The van der Waals surface area contributed by atoms with E-state index in [2.05, 4.69) is 12.2 Å². The van der Waals surface area contributed by atoms with Crippen molar-refractivity contribution in [1.29, 1.82) is 0 Å². The minimum absolute atomic E-state index is 0.0410. The fourth-order valence-corrected chi connectivity index (χ4v) is 5.17. The topological polar surface area (TPSA) is 92.8 Å². The number of rotatable bonds is 8. The zero-order valence-electron chi connectivity index (χ0n) is 17.7. The molecule has 0 saturated heterocycles. The molecule has 1 fully saturated rings. The number of hydrogen-bond acceptors (Lipinski definition) is 5. The van der Waals surface area contributed by atoms with Gasteiger partial charge in [0.1, 0.15) is 0 Å². The quantitative estimate of drug-likeness (QED) is 0.648. The number of nitrogens with zero attached hydrogens (tertiary/aromatic N) is 1. The summed E-state index contributed by atoms with van der Waals surface area (Å²) in [5.41, 5.74) is 0.742. The molecule has 0 aliphatic heterocycles. The summed E-state index contributed by atoms with van der Waals surface area (Å²) in [5.74, 6) is -0.625. The van der Waals surface area contributed by atoms with Crippen LogP contribution in [0.1, 0.15) is 62.4 Å². The molecule has 1 aliphatic rings. The second-order valence-corrected chi connectivity index (χ2v) is 9.52. The molecule has 0 heterocycles. The SMILES string of the molecule is CCN(CC)S(=O)(=O)c1ccc(C)c(C(=O)OCC(=O)N[C@@H]2CCCC[C@@H]2C)c1. The van der Waals surface area contributed by atoms with E-state index < -0.39 is 16.0 Å². The fourth-order valence-electron chi connectivity index (χ4n) is 3.68. The Morgan fingerprint density at radius 1 is 1.17 bits per heavy atom. The Morgan fingerprint density at radius 3 is 2.45 bits per heavy atom. The Kier molecular flexibility index (Phi) is 8.22. The van der Waals surface area contributed by atoms with Gasteiger partial charge in [-0.2, -0.15) is 4.31 Å². The van der Waals surface area contributed by atoms with Crippen molar-refractivity contribution in [2.24, 2.45) is 5.92 Å². The molecule has 162 valence electrons. The van der Waals surface area contributed by atoms with Crippen molar-refractivity contribution in [2.75, 3.05) is 19.7 Å². The summed E-state index contributed by atoms with van der Waals surface area (Å²) in [5, 5.41) is 2.94. The minimum atomic E-state index is -3.68. The van der Waals surface area contributed by atoms with Crippen LogP contribution in [0.15, 0.2) is 23.1 Å². The van der Waals surface area contributed by atoms with Gasteiger partial charge < -0.3 is 10.1 Å². The molecular formula is C21H32N2O5S. The summed E-state index contributed by atoms with van der Waals surface area (Å²) in [6, 6.07) is 4.50. The molecule has 0 spiro atoms. The predicted molar refractivity (Wildman–Crippen MR) is 111 cm³/mol. The monoisotopic (exact) mass is 424 g/mol. The van der Waals surface area contributed by atoms with Gasteiger partial charge in [-0.25, -0.2) is 13.2 Å². The maximum atomic E-state index is 12.7. The smallest absolute Gasteiger partial charge is 0.338 e. The zero-order valence-corrected chi connectivity index (χ0v) is 18.5. The summed E-state index contributed by atoms with van der Waals surface area (Å²) in [6.07, 6.45) is 4.28. The van der Waals surface area contributed by atoms with Gasteiger partial charge >= 0.3 is 5.97 Å². The molecule has 2 rings (SSSR count). The largest absolute Gasteiger partial charge is 0.452 e. The van der Waals surface area contributed by atoms with E-state index in [1.807, 2.05) is 0 Å². The van der Waals surface area contributed by atoms with Crippen LogP contribution >= 0.6 is 0 Å². The lowest BCUT2D eigenvalue weighted by Crippen LogP contribution is -2.42. The third-order valence-electron chi connectivity index (χ3n) is 5.56. The van der Waals surface area contributed by atoms with Gasteiger partial charge in [0.15, 0.2) is 6.61 Å². The second-order valence-electron chi connectivity index (χ2n) is 7.58. The van der Waals surface area contributed by atoms with Gasteiger partial charge in [-0.3, -0.25) is 4.79 Å². The van der Waals surface area contributed by atoms with Crippen molar-refractivity contribution in [3.63, 3.8) is 0 Å². The van der Waals surface area contributed by atoms with Gasteiger partial charge in [0.2, 0.25) is 10.0 Å². The highest BCUT2D eigenvalue weighted by Crippen LogP contribution is 2.24.